The first kappa shape index (κ1) is 15.4. The zero-order valence-corrected chi connectivity index (χ0v) is 12.4. The van der Waals surface area contributed by atoms with Gasteiger partial charge in [0.2, 0.25) is 0 Å². The van der Waals surface area contributed by atoms with Crippen LogP contribution < -0.4 is 5.32 Å². The van der Waals surface area contributed by atoms with E-state index in [1.807, 2.05) is 0 Å². The van der Waals surface area contributed by atoms with Crippen molar-refractivity contribution in [1.29, 1.82) is 0 Å². The zero-order chi connectivity index (χ0) is 15.6. The van der Waals surface area contributed by atoms with E-state index in [1.165, 1.54) is 17.0 Å². The third-order valence-electron chi connectivity index (χ3n) is 3.18. The molecule has 1 fully saturated rings. The van der Waals surface area contributed by atoms with E-state index in [-0.39, 0.29) is 24.3 Å². The number of rotatable bonds is 3. The van der Waals surface area contributed by atoms with Gasteiger partial charge in [0.15, 0.2) is 0 Å². The molecule has 1 saturated heterocycles. The molecule has 112 valence electrons. The van der Waals surface area contributed by atoms with Crippen LogP contribution in [-0.2, 0) is 4.79 Å². The Balaban J connectivity index is 2.36. The molecule has 0 aliphatic carbocycles. The van der Waals surface area contributed by atoms with Crippen LogP contribution in [-0.4, -0.2) is 52.5 Å². The van der Waals surface area contributed by atoms with E-state index in [9.17, 15) is 19.7 Å². The number of hydrogen-bond donors (Lipinski definition) is 2. The number of nitrogens with zero attached hydrogens (tertiary/aromatic N) is 2. The fraction of sp³-hybridized carbons (Fsp3) is 0.333. The number of aliphatic carboxylic acids is 1. The van der Waals surface area contributed by atoms with E-state index >= 15 is 0 Å². The van der Waals surface area contributed by atoms with Crippen molar-refractivity contribution >= 4 is 33.5 Å². The fourth-order valence-corrected chi connectivity index (χ4v) is 2.53. The summed E-state index contributed by atoms with van der Waals surface area (Å²) in [4.78, 5) is 35.1. The van der Waals surface area contributed by atoms with Crippen LogP contribution in [0, 0.1) is 10.1 Å². The first-order chi connectivity index (χ1) is 9.91. The molecule has 8 nitrogen and oxygen atoms in total. The Hall–Kier alpha value is -2.00. The Bertz CT molecular complexity index is 607. The SMILES string of the molecule is O=C(O)C1CNCCN1C(=O)c1cc([N+](=O)[O-])ccc1Br. The fourth-order valence-electron chi connectivity index (χ4n) is 2.11. The number of non-ortho nitro benzene ring substituents is 1. The predicted molar refractivity (Wildman–Crippen MR) is 76.1 cm³/mol. The second kappa shape index (κ2) is 6.19. The lowest BCUT2D eigenvalue weighted by atomic mass is 10.1. The molecule has 0 radical (unpaired) electrons. The molecule has 21 heavy (non-hydrogen) atoms. The molecule has 0 saturated carbocycles. The van der Waals surface area contributed by atoms with Crippen LogP contribution >= 0.6 is 15.9 Å². The molecule has 1 aliphatic heterocycles. The highest BCUT2D eigenvalue weighted by Gasteiger charge is 2.33. The minimum absolute atomic E-state index is 0.0809. The maximum absolute atomic E-state index is 12.5. The number of piperazine rings is 1. The Morgan fingerprint density at radius 3 is 2.81 bits per heavy atom. The lowest BCUT2D eigenvalue weighted by Crippen LogP contribution is -2.57. The number of carbonyl (C=O) groups is 2. The Morgan fingerprint density at radius 1 is 1.48 bits per heavy atom. The van der Waals surface area contributed by atoms with Crippen molar-refractivity contribution in [2.45, 2.75) is 6.04 Å². The van der Waals surface area contributed by atoms with Crippen LogP contribution in [0.15, 0.2) is 22.7 Å². The van der Waals surface area contributed by atoms with Crippen molar-refractivity contribution < 1.29 is 19.6 Å². The zero-order valence-electron chi connectivity index (χ0n) is 10.8. The standard InChI is InChI=1S/C12H12BrN3O5/c13-9-2-1-7(16(20)21)5-8(9)11(17)15-4-3-14-6-10(15)12(18)19/h1-2,5,10,14H,3-4,6H2,(H,18,19). The topological polar surface area (TPSA) is 113 Å². The van der Waals surface area contributed by atoms with Gasteiger partial charge in [0.25, 0.3) is 11.6 Å². The highest BCUT2D eigenvalue weighted by Crippen LogP contribution is 2.24. The molecular weight excluding hydrogens is 346 g/mol. The molecule has 0 bridgehead atoms. The molecule has 1 aromatic carbocycles. The summed E-state index contributed by atoms with van der Waals surface area (Å²) in [7, 11) is 0. The highest BCUT2D eigenvalue weighted by atomic mass is 79.9. The molecule has 1 aromatic rings. The number of hydrogen-bond acceptors (Lipinski definition) is 5. The Labute approximate surface area is 128 Å². The Morgan fingerprint density at radius 2 is 2.19 bits per heavy atom. The first-order valence-electron chi connectivity index (χ1n) is 6.10. The quantitative estimate of drug-likeness (QED) is 0.612. The monoisotopic (exact) mass is 357 g/mol. The van der Waals surface area contributed by atoms with E-state index in [4.69, 9.17) is 5.11 Å². The van der Waals surface area contributed by atoms with Crippen molar-refractivity contribution in [1.82, 2.24) is 10.2 Å². The summed E-state index contributed by atoms with van der Waals surface area (Å²) >= 11 is 3.17. The molecule has 0 aromatic heterocycles. The van der Waals surface area contributed by atoms with Gasteiger partial charge in [0, 0.05) is 36.2 Å². The number of benzene rings is 1. The number of nitro groups is 1. The molecule has 1 unspecified atom stereocenters. The van der Waals surface area contributed by atoms with Crippen molar-refractivity contribution in [3.8, 4) is 0 Å². The average molecular weight is 358 g/mol. The average Bonchev–Trinajstić information content (AvgIpc) is 2.46. The van der Waals surface area contributed by atoms with Crippen molar-refractivity contribution in [2.75, 3.05) is 19.6 Å². The minimum Gasteiger partial charge on any atom is -0.480 e. The maximum atomic E-state index is 12.5. The Kier molecular flexibility index (Phi) is 4.53. The second-order valence-electron chi connectivity index (χ2n) is 4.48. The molecule has 9 heteroatoms. The van der Waals surface area contributed by atoms with Crippen LogP contribution in [0.4, 0.5) is 5.69 Å². The van der Waals surface area contributed by atoms with E-state index in [2.05, 4.69) is 21.2 Å². The van der Waals surface area contributed by atoms with Gasteiger partial charge in [-0.2, -0.15) is 0 Å². The van der Waals surface area contributed by atoms with Gasteiger partial charge < -0.3 is 15.3 Å². The number of halogens is 1. The van der Waals surface area contributed by atoms with Gasteiger partial charge in [0.1, 0.15) is 6.04 Å². The minimum atomic E-state index is -1.11. The molecule has 1 aliphatic rings. The predicted octanol–water partition coefficient (Wildman–Crippen LogP) is 0.856. The number of amides is 1. The number of carboxylic acids is 1. The molecule has 1 amide bonds. The number of carbonyl (C=O) groups excluding carboxylic acids is 1. The largest absolute Gasteiger partial charge is 0.480 e. The van der Waals surface area contributed by atoms with Crippen molar-refractivity contribution in [3.63, 3.8) is 0 Å². The molecule has 1 heterocycles. The van der Waals surface area contributed by atoms with Gasteiger partial charge >= 0.3 is 5.97 Å². The van der Waals surface area contributed by atoms with Gasteiger partial charge in [-0.25, -0.2) is 4.79 Å². The molecule has 0 spiro atoms. The number of nitrogens with one attached hydrogen (secondary N) is 1. The normalized spacial score (nSPS) is 18.3. The second-order valence-corrected chi connectivity index (χ2v) is 5.33. The lowest BCUT2D eigenvalue weighted by molar-refractivity contribution is -0.384. The van der Waals surface area contributed by atoms with Crippen LogP contribution in [0.2, 0.25) is 0 Å². The summed E-state index contributed by atoms with van der Waals surface area (Å²) in [5, 5.41) is 22.9. The summed E-state index contributed by atoms with van der Waals surface area (Å²) < 4.78 is 0.390. The third kappa shape index (κ3) is 3.19. The summed E-state index contributed by atoms with van der Waals surface area (Å²) in [5.41, 5.74) is -0.138. The van der Waals surface area contributed by atoms with Crippen LogP contribution in [0.1, 0.15) is 10.4 Å². The molecule has 2 rings (SSSR count). The van der Waals surface area contributed by atoms with Gasteiger partial charge in [-0.3, -0.25) is 14.9 Å². The molecule has 2 N–H and O–H groups in total. The van der Waals surface area contributed by atoms with E-state index < -0.39 is 22.8 Å². The van der Waals surface area contributed by atoms with Gasteiger partial charge in [-0.05, 0) is 22.0 Å². The van der Waals surface area contributed by atoms with Crippen LogP contribution in [0.5, 0.6) is 0 Å². The van der Waals surface area contributed by atoms with E-state index in [0.29, 0.717) is 11.0 Å². The van der Waals surface area contributed by atoms with Gasteiger partial charge in [-0.1, -0.05) is 0 Å². The number of nitro benzene ring substituents is 1. The van der Waals surface area contributed by atoms with Crippen molar-refractivity contribution in [2.24, 2.45) is 0 Å². The van der Waals surface area contributed by atoms with Crippen LogP contribution in [0.3, 0.4) is 0 Å². The summed E-state index contributed by atoms with van der Waals surface area (Å²) in [6.07, 6.45) is 0. The maximum Gasteiger partial charge on any atom is 0.327 e. The first-order valence-corrected chi connectivity index (χ1v) is 6.89. The smallest absolute Gasteiger partial charge is 0.327 e. The third-order valence-corrected chi connectivity index (χ3v) is 3.87. The van der Waals surface area contributed by atoms with Crippen LogP contribution in [0.25, 0.3) is 0 Å². The summed E-state index contributed by atoms with van der Waals surface area (Å²) in [6, 6.07) is 2.83. The van der Waals surface area contributed by atoms with Crippen molar-refractivity contribution in [3.05, 3.63) is 38.3 Å². The highest BCUT2D eigenvalue weighted by molar-refractivity contribution is 9.10. The van der Waals surface area contributed by atoms with Gasteiger partial charge in [0.05, 0.1) is 10.5 Å². The molecule has 1 atom stereocenters. The van der Waals surface area contributed by atoms with Gasteiger partial charge in [-0.15, -0.1) is 0 Å². The summed E-state index contributed by atoms with van der Waals surface area (Å²) in [6.45, 7) is 0.848. The number of carboxylic acid groups (broad SMARTS) is 1. The van der Waals surface area contributed by atoms with E-state index in [1.54, 1.807) is 0 Å². The summed E-state index contributed by atoms with van der Waals surface area (Å²) in [5.74, 6) is -1.66. The van der Waals surface area contributed by atoms with E-state index in [0.717, 1.165) is 6.07 Å². The lowest BCUT2D eigenvalue weighted by Gasteiger charge is -2.33. The molecular formula is C12H12BrN3O5.